The number of nitrogens with zero attached hydrogens (tertiary/aromatic N) is 7. The Hall–Kier alpha value is -4.27. The number of ether oxygens (including phenoxy) is 1. The van der Waals surface area contributed by atoms with Gasteiger partial charge in [0.15, 0.2) is 5.69 Å². The molecule has 1 aliphatic heterocycles. The molecule has 0 N–H and O–H groups in total. The maximum atomic E-state index is 12.9. The van der Waals surface area contributed by atoms with E-state index < -0.39 is 0 Å². The van der Waals surface area contributed by atoms with Gasteiger partial charge in [-0.15, -0.1) is 5.10 Å². The van der Waals surface area contributed by atoms with Crippen molar-refractivity contribution in [3.05, 3.63) is 84.4 Å². The zero-order valence-corrected chi connectivity index (χ0v) is 18.2. The smallest absolute Gasteiger partial charge is 0.276 e. The maximum Gasteiger partial charge on any atom is 0.276 e. The highest BCUT2D eigenvalue weighted by Crippen LogP contribution is 2.24. The van der Waals surface area contributed by atoms with Gasteiger partial charge < -0.3 is 14.5 Å². The molecule has 0 saturated carbocycles. The van der Waals surface area contributed by atoms with Crippen LogP contribution in [0.4, 0.5) is 5.82 Å². The molecule has 166 valence electrons. The minimum absolute atomic E-state index is 0.121. The number of hydrogen-bond acceptors (Lipinski definition) is 7. The minimum atomic E-state index is -0.121. The zero-order valence-electron chi connectivity index (χ0n) is 18.2. The molecule has 1 saturated heterocycles. The summed E-state index contributed by atoms with van der Waals surface area (Å²) in [5.41, 5.74) is 1.15. The zero-order chi connectivity index (χ0) is 22.6. The Morgan fingerprint density at radius 3 is 2.33 bits per heavy atom. The molecule has 9 heteroatoms. The van der Waals surface area contributed by atoms with Crippen LogP contribution in [0.15, 0.2) is 72.9 Å². The Bertz CT molecular complexity index is 1240. The molecule has 9 nitrogen and oxygen atoms in total. The van der Waals surface area contributed by atoms with Crippen molar-refractivity contribution in [2.75, 3.05) is 31.1 Å². The van der Waals surface area contributed by atoms with Crippen LogP contribution >= 0.6 is 0 Å². The number of amides is 1. The first kappa shape index (κ1) is 20.6. The van der Waals surface area contributed by atoms with Gasteiger partial charge in [0.25, 0.3) is 5.91 Å². The Kier molecular flexibility index (Phi) is 5.67. The third kappa shape index (κ3) is 4.67. The van der Waals surface area contributed by atoms with Gasteiger partial charge in [-0.25, -0.2) is 4.98 Å². The third-order valence-corrected chi connectivity index (χ3v) is 5.36. The first-order chi connectivity index (χ1) is 16.2. The van der Waals surface area contributed by atoms with Crippen molar-refractivity contribution in [3.8, 4) is 17.3 Å². The van der Waals surface area contributed by atoms with E-state index in [1.54, 1.807) is 4.90 Å². The molecule has 3 heterocycles. The molecule has 2 aromatic carbocycles. The van der Waals surface area contributed by atoms with Crippen LogP contribution < -0.4 is 9.64 Å². The number of piperazine rings is 1. The van der Waals surface area contributed by atoms with Crippen molar-refractivity contribution in [1.82, 2.24) is 29.9 Å². The lowest BCUT2D eigenvalue weighted by atomic mass is 10.3. The highest BCUT2D eigenvalue weighted by atomic mass is 16.5. The van der Waals surface area contributed by atoms with Gasteiger partial charge in [0.2, 0.25) is 5.88 Å². The lowest BCUT2D eigenvalue weighted by Gasteiger charge is -2.35. The number of para-hydroxylation sites is 2. The monoisotopic (exact) mass is 441 g/mol. The summed E-state index contributed by atoms with van der Waals surface area (Å²) in [5.74, 6) is 2.52. The molecular weight excluding hydrogens is 418 g/mol. The number of carbonyl (C=O) groups excluding carboxylic acids is 1. The Morgan fingerprint density at radius 2 is 1.61 bits per heavy atom. The fraction of sp³-hybridized carbons (Fsp3) is 0.208. The molecule has 1 aliphatic rings. The van der Waals surface area contributed by atoms with E-state index >= 15 is 0 Å². The molecule has 4 aromatic rings. The summed E-state index contributed by atoms with van der Waals surface area (Å²) in [6.45, 7) is 4.28. The van der Waals surface area contributed by atoms with Gasteiger partial charge in [-0.05, 0) is 31.2 Å². The van der Waals surface area contributed by atoms with Crippen LogP contribution in [0.25, 0.3) is 5.69 Å². The van der Waals surface area contributed by atoms with Crippen LogP contribution in [-0.2, 0) is 0 Å². The van der Waals surface area contributed by atoms with Crippen molar-refractivity contribution in [2.45, 2.75) is 6.92 Å². The van der Waals surface area contributed by atoms with Gasteiger partial charge in [-0.2, -0.15) is 14.9 Å². The quantitative estimate of drug-likeness (QED) is 0.470. The molecule has 5 rings (SSSR count). The van der Waals surface area contributed by atoms with Crippen molar-refractivity contribution in [1.29, 1.82) is 0 Å². The maximum absolute atomic E-state index is 12.9. The van der Waals surface area contributed by atoms with Crippen LogP contribution in [0.1, 0.15) is 16.3 Å². The molecule has 2 aromatic heterocycles. The molecule has 0 atom stereocenters. The van der Waals surface area contributed by atoms with Crippen LogP contribution in [0.2, 0.25) is 0 Å². The van der Waals surface area contributed by atoms with Crippen LogP contribution in [0, 0.1) is 6.92 Å². The second kappa shape index (κ2) is 9.07. The van der Waals surface area contributed by atoms with Crippen LogP contribution in [-0.4, -0.2) is 61.9 Å². The molecule has 0 bridgehead atoms. The number of aryl methyl sites for hydroxylation is 1. The van der Waals surface area contributed by atoms with Crippen molar-refractivity contribution >= 4 is 11.7 Å². The summed E-state index contributed by atoms with van der Waals surface area (Å²) >= 11 is 0. The molecule has 0 spiro atoms. The van der Waals surface area contributed by atoms with Gasteiger partial charge in [0.1, 0.15) is 17.4 Å². The first-order valence-corrected chi connectivity index (χ1v) is 10.8. The van der Waals surface area contributed by atoms with E-state index in [4.69, 9.17) is 4.74 Å². The lowest BCUT2D eigenvalue weighted by Crippen LogP contribution is -2.49. The summed E-state index contributed by atoms with van der Waals surface area (Å²) in [5, 5.41) is 8.59. The van der Waals surface area contributed by atoms with Gasteiger partial charge >= 0.3 is 0 Å². The Balaban J connectivity index is 1.24. The molecule has 0 unspecified atom stereocenters. The SMILES string of the molecule is Cc1nc(Oc2ccccc2)cc(N2CCN(C(=O)c3cnn(-c4ccccc4)n3)CC2)n1. The Labute approximate surface area is 191 Å². The van der Waals surface area contributed by atoms with E-state index in [0.717, 1.165) is 17.3 Å². The number of benzene rings is 2. The topological polar surface area (TPSA) is 89.3 Å². The van der Waals surface area contributed by atoms with Gasteiger partial charge in [-0.1, -0.05) is 36.4 Å². The summed E-state index contributed by atoms with van der Waals surface area (Å²) < 4.78 is 5.89. The molecule has 1 amide bonds. The number of hydrogen-bond donors (Lipinski definition) is 0. The van der Waals surface area contributed by atoms with Crippen LogP contribution in [0.5, 0.6) is 11.6 Å². The largest absolute Gasteiger partial charge is 0.439 e. The molecule has 1 fully saturated rings. The van der Waals surface area contributed by atoms with E-state index in [0.29, 0.717) is 43.6 Å². The minimum Gasteiger partial charge on any atom is -0.439 e. The highest BCUT2D eigenvalue weighted by Gasteiger charge is 2.25. The number of rotatable bonds is 5. The molecule has 33 heavy (non-hydrogen) atoms. The van der Waals surface area contributed by atoms with E-state index in [9.17, 15) is 4.79 Å². The normalized spacial score (nSPS) is 13.7. The van der Waals surface area contributed by atoms with Crippen molar-refractivity contribution < 1.29 is 9.53 Å². The molecular formula is C24H23N7O2. The standard InChI is InChI=1S/C24H23N7O2/c1-18-26-22(16-23(27-18)33-20-10-6-3-7-11-20)29-12-14-30(15-13-29)24(32)21-17-25-31(28-21)19-8-4-2-5-9-19/h2-11,16-17H,12-15H2,1H3. The summed E-state index contributed by atoms with van der Waals surface area (Å²) in [6, 6.07) is 20.9. The average Bonchev–Trinajstić information content (AvgIpc) is 3.35. The third-order valence-electron chi connectivity index (χ3n) is 5.36. The average molecular weight is 441 g/mol. The predicted molar refractivity (Wildman–Crippen MR) is 123 cm³/mol. The summed E-state index contributed by atoms with van der Waals surface area (Å²) in [6.07, 6.45) is 1.52. The second-order valence-corrected chi connectivity index (χ2v) is 7.66. The van der Waals surface area contributed by atoms with Gasteiger partial charge in [-0.3, -0.25) is 4.79 Å². The molecule has 0 aliphatic carbocycles. The number of carbonyl (C=O) groups is 1. The first-order valence-electron chi connectivity index (χ1n) is 10.8. The van der Waals surface area contributed by atoms with Crippen molar-refractivity contribution in [2.24, 2.45) is 0 Å². The fourth-order valence-corrected chi connectivity index (χ4v) is 3.70. The van der Waals surface area contributed by atoms with E-state index in [-0.39, 0.29) is 5.91 Å². The lowest BCUT2D eigenvalue weighted by molar-refractivity contribution is 0.0740. The van der Waals surface area contributed by atoms with E-state index in [2.05, 4.69) is 25.1 Å². The van der Waals surface area contributed by atoms with Crippen LogP contribution in [0.3, 0.4) is 0 Å². The summed E-state index contributed by atoms with van der Waals surface area (Å²) in [7, 11) is 0. The van der Waals surface area contributed by atoms with E-state index in [1.165, 1.54) is 11.0 Å². The van der Waals surface area contributed by atoms with E-state index in [1.807, 2.05) is 73.7 Å². The van der Waals surface area contributed by atoms with Crippen molar-refractivity contribution in [3.63, 3.8) is 0 Å². The predicted octanol–water partition coefficient (Wildman–Crippen LogP) is 3.12. The number of anilines is 1. The Morgan fingerprint density at radius 1 is 0.909 bits per heavy atom. The second-order valence-electron chi connectivity index (χ2n) is 7.66. The number of aromatic nitrogens is 5. The highest BCUT2D eigenvalue weighted by molar-refractivity contribution is 5.92. The van der Waals surface area contributed by atoms with Gasteiger partial charge in [0, 0.05) is 32.2 Å². The molecule has 0 radical (unpaired) electrons. The summed E-state index contributed by atoms with van der Waals surface area (Å²) in [4.78, 5) is 27.3. The van der Waals surface area contributed by atoms with Gasteiger partial charge in [0.05, 0.1) is 11.9 Å². The fourth-order valence-electron chi connectivity index (χ4n) is 3.70.